The van der Waals surface area contributed by atoms with Crippen molar-refractivity contribution in [2.75, 3.05) is 23.7 Å². The lowest BCUT2D eigenvalue weighted by Gasteiger charge is -2.19. The number of hydrogen-bond donors (Lipinski definition) is 3. The van der Waals surface area contributed by atoms with Gasteiger partial charge in [0.25, 0.3) is 5.91 Å². The highest BCUT2D eigenvalue weighted by Crippen LogP contribution is 2.18. The van der Waals surface area contributed by atoms with Crippen molar-refractivity contribution < 1.29 is 18.7 Å². The highest BCUT2D eigenvalue weighted by molar-refractivity contribution is 6.07. The molecule has 182 valence electrons. The van der Waals surface area contributed by atoms with Gasteiger partial charge in [-0.3, -0.25) is 9.48 Å². The van der Waals surface area contributed by atoms with Gasteiger partial charge in [-0.25, -0.2) is 14.8 Å². The van der Waals surface area contributed by atoms with Crippen molar-refractivity contribution in [3.05, 3.63) is 42.0 Å². The molecule has 3 aromatic rings. The molecule has 3 rings (SSSR count). The average Bonchev–Trinajstić information content (AvgIpc) is 3.12. The fraction of sp³-hybridized carbons (Fsp3) is 0.435. The van der Waals surface area contributed by atoms with Crippen LogP contribution in [0.5, 0.6) is 0 Å². The Morgan fingerprint density at radius 1 is 1.06 bits per heavy atom. The summed E-state index contributed by atoms with van der Waals surface area (Å²) in [5.41, 5.74) is 1.17. The van der Waals surface area contributed by atoms with Gasteiger partial charge in [0, 0.05) is 20.1 Å². The molecule has 0 radical (unpaired) electrons. The first-order valence-electron chi connectivity index (χ1n) is 11.1. The Morgan fingerprint density at radius 2 is 1.82 bits per heavy atom. The molecule has 0 saturated carbocycles. The molecule has 10 nitrogen and oxygen atoms in total. The highest BCUT2D eigenvalue weighted by atomic mass is 19.1. The SMILES string of the molecule is Cn1ncc2nc(NC(=O)c3ccc(F)nc3NCCCCCNC(=O)OC(C)(C)C)ccc21. The Balaban J connectivity index is 1.49. The number of aromatic nitrogens is 4. The minimum absolute atomic E-state index is 0.159. The number of unbranched alkanes of at least 4 members (excludes halogenated alkanes) is 2. The topological polar surface area (TPSA) is 123 Å². The van der Waals surface area contributed by atoms with E-state index in [0.29, 0.717) is 24.4 Å². The fourth-order valence-electron chi connectivity index (χ4n) is 3.18. The summed E-state index contributed by atoms with van der Waals surface area (Å²) in [6.45, 7) is 6.41. The van der Waals surface area contributed by atoms with E-state index in [1.165, 1.54) is 6.07 Å². The summed E-state index contributed by atoms with van der Waals surface area (Å²) in [4.78, 5) is 32.6. The number of anilines is 2. The van der Waals surface area contributed by atoms with Crippen LogP contribution >= 0.6 is 0 Å². The summed E-state index contributed by atoms with van der Waals surface area (Å²) in [7, 11) is 1.81. The lowest BCUT2D eigenvalue weighted by Crippen LogP contribution is -2.33. The Hall–Kier alpha value is -3.76. The van der Waals surface area contributed by atoms with Gasteiger partial charge >= 0.3 is 6.09 Å². The number of ether oxygens (including phenoxy) is 1. The number of amides is 2. The zero-order valence-electron chi connectivity index (χ0n) is 19.8. The predicted octanol–water partition coefficient (Wildman–Crippen LogP) is 3.86. The molecule has 0 aromatic carbocycles. The molecular weight excluding hydrogens is 441 g/mol. The molecule has 0 atom stereocenters. The third-order valence-electron chi connectivity index (χ3n) is 4.77. The molecule has 34 heavy (non-hydrogen) atoms. The van der Waals surface area contributed by atoms with E-state index in [-0.39, 0.29) is 11.4 Å². The summed E-state index contributed by atoms with van der Waals surface area (Å²) >= 11 is 0. The van der Waals surface area contributed by atoms with Crippen molar-refractivity contribution in [1.29, 1.82) is 0 Å². The molecule has 11 heteroatoms. The standard InChI is InChI=1S/C23H30FN7O3/c1-23(2,3)34-22(33)26-13-7-5-6-12-25-20-15(8-10-18(24)29-20)21(32)30-19-11-9-17-16(28-19)14-27-31(17)4/h8-11,14H,5-7,12-13H2,1-4H3,(H,25,29)(H,26,33)(H,28,30,32). The van der Waals surface area contributed by atoms with Gasteiger partial charge in [0.05, 0.1) is 17.3 Å². The van der Waals surface area contributed by atoms with Crippen LogP contribution in [0.2, 0.25) is 0 Å². The Labute approximate surface area is 197 Å². The molecule has 2 amide bonds. The van der Waals surface area contributed by atoms with Gasteiger partial charge < -0.3 is 20.7 Å². The van der Waals surface area contributed by atoms with Crippen molar-refractivity contribution in [2.45, 2.75) is 45.6 Å². The summed E-state index contributed by atoms with van der Waals surface area (Å²) in [6.07, 6.45) is 3.49. The summed E-state index contributed by atoms with van der Waals surface area (Å²) in [6, 6.07) is 6.01. The molecule has 0 aliphatic heterocycles. The number of halogens is 1. The zero-order chi connectivity index (χ0) is 24.7. The van der Waals surface area contributed by atoms with Crippen LogP contribution < -0.4 is 16.0 Å². The van der Waals surface area contributed by atoms with Crippen molar-refractivity contribution in [3.63, 3.8) is 0 Å². The maximum absolute atomic E-state index is 13.7. The lowest BCUT2D eigenvalue weighted by atomic mass is 10.2. The van der Waals surface area contributed by atoms with E-state index in [0.717, 1.165) is 30.8 Å². The van der Waals surface area contributed by atoms with Gasteiger partial charge in [-0.05, 0) is 64.3 Å². The van der Waals surface area contributed by atoms with Crippen LogP contribution in [-0.2, 0) is 11.8 Å². The van der Waals surface area contributed by atoms with Crippen LogP contribution in [0, 0.1) is 5.95 Å². The smallest absolute Gasteiger partial charge is 0.407 e. The number of carbonyl (C=O) groups excluding carboxylic acids is 2. The maximum Gasteiger partial charge on any atom is 0.407 e. The van der Waals surface area contributed by atoms with Gasteiger partial charge in [-0.2, -0.15) is 9.49 Å². The van der Waals surface area contributed by atoms with Crippen LogP contribution in [-0.4, -0.2) is 50.4 Å². The molecule has 0 aliphatic carbocycles. The van der Waals surface area contributed by atoms with Crippen molar-refractivity contribution in [1.82, 2.24) is 25.1 Å². The van der Waals surface area contributed by atoms with E-state index in [1.54, 1.807) is 16.9 Å². The molecule has 0 spiro atoms. The van der Waals surface area contributed by atoms with Gasteiger partial charge in [0.1, 0.15) is 22.8 Å². The Morgan fingerprint density at radius 3 is 2.59 bits per heavy atom. The fourth-order valence-corrected chi connectivity index (χ4v) is 3.18. The van der Waals surface area contributed by atoms with Gasteiger partial charge in [-0.1, -0.05) is 0 Å². The van der Waals surface area contributed by atoms with Crippen LogP contribution in [0.15, 0.2) is 30.5 Å². The van der Waals surface area contributed by atoms with Crippen molar-refractivity contribution in [2.24, 2.45) is 7.05 Å². The van der Waals surface area contributed by atoms with Crippen LogP contribution in [0.3, 0.4) is 0 Å². The van der Waals surface area contributed by atoms with Crippen molar-refractivity contribution in [3.8, 4) is 0 Å². The van der Waals surface area contributed by atoms with Crippen LogP contribution in [0.25, 0.3) is 11.0 Å². The highest BCUT2D eigenvalue weighted by Gasteiger charge is 2.16. The van der Waals surface area contributed by atoms with Gasteiger partial charge in [0.2, 0.25) is 5.95 Å². The molecule has 0 bridgehead atoms. The molecule has 0 aliphatic rings. The normalized spacial score (nSPS) is 11.3. The number of rotatable bonds is 9. The number of carbonyl (C=O) groups is 2. The Kier molecular flexibility index (Phi) is 7.98. The number of aryl methyl sites for hydroxylation is 1. The number of nitrogens with one attached hydrogen (secondary N) is 3. The number of hydrogen-bond acceptors (Lipinski definition) is 7. The van der Waals surface area contributed by atoms with E-state index >= 15 is 0 Å². The second-order valence-electron chi connectivity index (χ2n) is 8.77. The third kappa shape index (κ3) is 7.12. The van der Waals surface area contributed by atoms with E-state index in [4.69, 9.17) is 4.74 Å². The molecule has 0 saturated heterocycles. The quantitative estimate of drug-likeness (QED) is 0.320. The molecule has 3 N–H and O–H groups in total. The first-order valence-corrected chi connectivity index (χ1v) is 11.1. The van der Waals surface area contributed by atoms with E-state index in [1.807, 2.05) is 33.9 Å². The van der Waals surface area contributed by atoms with Crippen LogP contribution in [0.4, 0.5) is 20.8 Å². The monoisotopic (exact) mass is 471 g/mol. The molecular formula is C23H30FN7O3. The Bertz CT molecular complexity index is 1160. The zero-order valence-corrected chi connectivity index (χ0v) is 19.8. The number of nitrogens with zero attached hydrogens (tertiary/aromatic N) is 4. The van der Waals surface area contributed by atoms with E-state index in [2.05, 4.69) is 31.0 Å². The maximum atomic E-state index is 13.7. The van der Waals surface area contributed by atoms with E-state index < -0.39 is 23.5 Å². The molecule has 3 aromatic heterocycles. The average molecular weight is 472 g/mol. The third-order valence-corrected chi connectivity index (χ3v) is 4.77. The second kappa shape index (κ2) is 10.9. The first-order chi connectivity index (χ1) is 16.1. The first kappa shape index (κ1) is 24.9. The molecule has 3 heterocycles. The largest absolute Gasteiger partial charge is 0.444 e. The molecule has 0 fully saturated rings. The summed E-state index contributed by atoms with van der Waals surface area (Å²) in [5, 5.41) is 12.6. The number of alkyl carbamates (subject to hydrolysis) is 1. The van der Waals surface area contributed by atoms with Crippen LogP contribution in [0.1, 0.15) is 50.4 Å². The minimum atomic E-state index is -0.685. The summed E-state index contributed by atoms with van der Waals surface area (Å²) in [5.74, 6) is -0.618. The lowest BCUT2D eigenvalue weighted by molar-refractivity contribution is 0.0527. The van der Waals surface area contributed by atoms with Crippen molar-refractivity contribution >= 4 is 34.7 Å². The predicted molar refractivity (Wildman–Crippen MR) is 127 cm³/mol. The minimum Gasteiger partial charge on any atom is -0.444 e. The van der Waals surface area contributed by atoms with Gasteiger partial charge in [0.15, 0.2) is 0 Å². The number of fused-ring (bicyclic) bond motifs is 1. The second-order valence-corrected chi connectivity index (χ2v) is 8.77. The molecule has 0 unspecified atom stereocenters. The van der Waals surface area contributed by atoms with Gasteiger partial charge in [-0.15, -0.1) is 0 Å². The van der Waals surface area contributed by atoms with E-state index in [9.17, 15) is 14.0 Å². The number of pyridine rings is 2. The summed E-state index contributed by atoms with van der Waals surface area (Å²) < 4.78 is 20.6.